The number of aryl methyl sites for hydroxylation is 1. The van der Waals surface area contributed by atoms with E-state index in [4.69, 9.17) is 9.47 Å². The van der Waals surface area contributed by atoms with Crippen molar-refractivity contribution in [1.29, 1.82) is 0 Å². The van der Waals surface area contributed by atoms with E-state index < -0.39 is 0 Å². The Morgan fingerprint density at radius 2 is 1.74 bits per heavy atom. The second kappa shape index (κ2) is 6.08. The Labute approximate surface area is 133 Å². The van der Waals surface area contributed by atoms with Gasteiger partial charge in [-0.2, -0.15) is 0 Å². The van der Waals surface area contributed by atoms with Crippen molar-refractivity contribution in [3.8, 4) is 11.5 Å². The van der Waals surface area contributed by atoms with Gasteiger partial charge in [0.1, 0.15) is 18.0 Å². The molecule has 0 aliphatic rings. The van der Waals surface area contributed by atoms with E-state index in [-0.39, 0.29) is 5.82 Å². The van der Waals surface area contributed by atoms with Crippen LogP contribution in [0.3, 0.4) is 0 Å². The number of fused-ring (bicyclic) bond motifs is 1. The molecule has 118 valence electrons. The highest BCUT2D eigenvalue weighted by Crippen LogP contribution is 2.34. The van der Waals surface area contributed by atoms with Gasteiger partial charge in [-0.05, 0) is 30.7 Å². The van der Waals surface area contributed by atoms with Crippen LogP contribution < -0.4 is 14.8 Å². The smallest absolute Gasteiger partial charge is 0.162 e. The molecule has 6 heteroatoms. The van der Waals surface area contributed by atoms with Gasteiger partial charge in [0.05, 0.1) is 19.7 Å². The van der Waals surface area contributed by atoms with Gasteiger partial charge in [0.2, 0.25) is 0 Å². The lowest BCUT2D eigenvalue weighted by Crippen LogP contribution is -1.98. The first kappa shape index (κ1) is 15.0. The van der Waals surface area contributed by atoms with Gasteiger partial charge in [-0.3, -0.25) is 0 Å². The van der Waals surface area contributed by atoms with Crippen molar-refractivity contribution < 1.29 is 13.9 Å². The number of hydrogen-bond donors (Lipinski definition) is 1. The van der Waals surface area contributed by atoms with Gasteiger partial charge in [-0.1, -0.05) is 6.07 Å². The molecule has 0 atom stereocenters. The summed E-state index contributed by atoms with van der Waals surface area (Å²) in [4.78, 5) is 8.48. The molecule has 0 amide bonds. The minimum absolute atomic E-state index is 0.271. The van der Waals surface area contributed by atoms with E-state index in [2.05, 4.69) is 15.3 Å². The van der Waals surface area contributed by atoms with Crippen molar-refractivity contribution in [2.75, 3.05) is 19.5 Å². The van der Waals surface area contributed by atoms with Crippen molar-refractivity contribution in [3.05, 3.63) is 48.0 Å². The summed E-state index contributed by atoms with van der Waals surface area (Å²) in [6.45, 7) is 1.72. The summed E-state index contributed by atoms with van der Waals surface area (Å²) in [5.41, 5.74) is 1.91. The average Bonchev–Trinajstić information content (AvgIpc) is 2.57. The monoisotopic (exact) mass is 313 g/mol. The third-order valence-electron chi connectivity index (χ3n) is 3.58. The first-order valence-corrected chi connectivity index (χ1v) is 7.02. The van der Waals surface area contributed by atoms with Crippen LogP contribution in [0.5, 0.6) is 11.5 Å². The summed E-state index contributed by atoms with van der Waals surface area (Å²) in [7, 11) is 3.13. The lowest BCUT2D eigenvalue weighted by Gasteiger charge is -2.12. The highest BCUT2D eigenvalue weighted by atomic mass is 19.1. The molecule has 3 rings (SSSR count). The molecule has 1 N–H and O–H groups in total. The van der Waals surface area contributed by atoms with Crippen LogP contribution >= 0.6 is 0 Å². The lowest BCUT2D eigenvalue weighted by molar-refractivity contribution is 0.356. The number of ether oxygens (including phenoxy) is 2. The van der Waals surface area contributed by atoms with E-state index in [0.717, 1.165) is 5.39 Å². The minimum atomic E-state index is -0.271. The number of rotatable bonds is 4. The van der Waals surface area contributed by atoms with E-state index in [9.17, 15) is 4.39 Å². The molecule has 1 heterocycles. The predicted octanol–water partition coefficient (Wildman–Crippen LogP) is 3.84. The first-order valence-electron chi connectivity index (χ1n) is 7.02. The highest BCUT2D eigenvalue weighted by Gasteiger charge is 2.11. The van der Waals surface area contributed by atoms with Gasteiger partial charge < -0.3 is 14.8 Å². The molecule has 0 saturated carbocycles. The molecule has 23 heavy (non-hydrogen) atoms. The summed E-state index contributed by atoms with van der Waals surface area (Å²) in [5.74, 6) is 1.46. The van der Waals surface area contributed by atoms with E-state index in [1.165, 1.54) is 12.4 Å². The molecule has 0 bridgehead atoms. The maximum absolute atomic E-state index is 13.7. The van der Waals surface area contributed by atoms with E-state index in [0.29, 0.717) is 34.1 Å². The maximum atomic E-state index is 13.7. The standard InChI is InChI=1S/C17H16FN3O2/c1-10-4-5-11(6-13(10)18)21-17-12-7-15(22-2)16(23-3)8-14(12)19-9-20-17/h4-9H,1-3H3,(H,19,20,21). The SMILES string of the molecule is COc1cc2ncnc(Nc3ccc(C)c(F)c3)c2cc1OC. The van der Waals surface area contributed by atoms with Crippen LogP contribution in [0.2, 0.25) is 0 Å². The van der Waals surface area contributed by atoms with Gasteiger partial charge in [0.15, 0.2) is 11.5 Å². The zero-order valence-electron chi connectivity index (χ0n) is 13.1. The minimum Gasteiger partial charge on any atom is -0.493 e. The second-order valence-corrected chi connectivity index (χ2v) is 5.04. The molecule has 1 aromatic heterocycles. The quantitative estimate of drug-likeness (QED) is 0.793. The molecule has 0 saturated heterocycles. The molecular weight excluding hydrogens is 297 g/mol. The van der Waals surface area contributed by atoms with E-state index >= 15 is 0 Å². The Balaban J connectivity index is 2.08. The second-order valence-electron chi connectivity index (χ2n) is 5.04. The molecule has 0 unspecified atom stereocenters. The summed E-state index contributed by atoms with van der Waals surface area (Å²) in [5, 5.41) is 3.87. The van der Waals surface area contributed by atoms with Gasteiger partial charge >= 0.3 is 0 Å². The van der Waals surface area contributed by atoms with Crippen LogP contribution in [0, 0.1) is 12.7 Å². The lowest BCUT2D eigenvalue weighted by atomic mass is 10.2. The Morgan fingerprint density at radius 1 is 1.00 bits per heavy atom. The van der Waals surface area contributed by atoms with Crippen LogP contribution in [0.1, 0.15) is 5.56 Å². The molecule has 0 aliphatic carbocycles. The van der Waals surface area contributed by atoms with Crippen molar-refractivity contribution in [2.45, 2.75) is 6.92 Å². The number of anilines is 2. The predicted molar refractivity (Wildman–Crippen MR) is 87.1 cm³/mol. The molecule has 2 aromatic carbocycles. The Hall–Kier alpha value is -2.89. The van der Waals surface area contributed by atoms with E-state index in [1.807, 2.05) is 0 Å². The van der Waals surface area contributed by atoms with Crippen LogP contribution in [0.4, 0.5) is 15.9 Å². The first-order chi connectivity index (χ1) is 11.1. The highest BCUT2D eigenvalue weighted by molar-refractivity contribution is 5.93. The Morgan fingerprint density at radius 3 is 2.43 bits per heavy atom. The van der Waals surface area contributed by atoms with Gasteiger partial charge in [-0.15, -0.1) is 0 Å². The molecule has 5 nitrogen and oxygen atoms in total. The fraction of sp³-hybridized carbons (Fsp3) is 0.176. The van der Waals surface area contributed by atoms with Crippen molar-refractivity contribution in [3.63, 3.8) is 0 Å². The molecule has 3 aromatic rings. The third-order valence-corrected chi connectivity index (χ3v) is 3.58. The fourth-order valence-electron chi connectivity index (χ4n) is 2.29. The van der Waals surface area contributed by atoms with Crippen LogP contribution in [-0.4, -0.2) is 24.2 Å². The number of nitrogens with zero attached hydrogens (tertiary/aromatic N) is 2. The van der Waals surface area contributed by atoms with Crippen LogP contribution in [0.25, 0.3) is 10.9 Å². The normalized spacial score (nSPS) is 10.6. The summed E-state index contributed by atoms with van der Waals surface area (Å²) in [6, 6.07) is 8.51. The van der Waals surface area contributed by atoms with Gasteiger partial charge in [0.25, 0.3) is 0 Å². The molecule has 0 radical (unpaired) electrons. The zero-order valence-corrected chi connectivity index (χ0v) is 13.1. The van der Waals surface area contributed by atoms with Crippen LogP contribution in [-0.2, 0) is 0 Å². The molecule has 0 fully saturated rings. The van der Waals surface area contributed by atoms with Crippen molar-refractivity contribution >= 4 is 22.4 Å². The van der Waals surface area contributed by atoms with Crippen LogP contribution in [0.15, 0.2) is 36.7 Å². The molecule has 0 spiro atoms. The Bertz CT molecular complexity index is 868. The third kappa shape index (κ3) is 2.88. The number of methoxy groups -OCH3 is 2. The number of halogens is 1. The number of nitrogens with one attached hydrogen (secondary N) is 1. The summed E-state index contributed by atoms with van der Waals surface area (Å²) in [6.07, 6.45) is 1.45. The summed E-state index contributed by atoms with van der Waals surface area (Å²) >= 11 is 0. The molecule has 0 aliphatic heterocycles. The van der Waals surface area contributed by atoms with Gasteiger partial charge in [0, 0.05) is 17.1 Å². The van der Waals surface area contributed by atoms with Crippen molar-refractivity contribution in [1.82, 2.24) is 9.97 Å². The number of hydrogen-bond acceptors (Lipinski definition) is 5. The maximum Gasteiger partial charge on any atom is 0.162 e. The zero-order chi connectivity index (χ0) is 16.4. The van der Waals surface area contributed by atoms with Crippen molar-refractivity contribution in [2.24, 2.45) is 0 Å². The fourth-order valence-corrected chi connectivity index (χ4v) is 2.29. The number of benzene rings is 2. The Kier molecular flexibility index (Phi) is 3.97. The topological polar surface area (TPSA) is 56.3 Å². The average molecular weight is 313 g/mol. The van der Waals surface area contributed by atoms with Gasteiger partial charge in [-0.25, -0.2) is 14.4 Å². The number of aromatic nitrogens is 2. The largest absolute Gasteiger partial charge is 0.493 e. The molecular formula is C17H16FN3O2. The van der Waals surface area contributed by atoms with E-state index in [1.54, 1.807) is 45.4 Å². The summed E-state index contributed by atoms with van der Waals surface area (Å²) < 4.78 is 24.3.